The average molecular weight is 267 g/mol. The molecule has 0 bridgehead atoms. The van der Waals surface area contributed by atoms with Gasteiger partial charge in [-0.05, 0) is 42.4 Å². The Morgan fingerprint density at radius 1 is 1.11 bits per heavy atom. The molecule has 1 saturated carbocycles. The zero-order chi connectivity index (χ0) is 13.3. The van der Waals surface area contributed by atoms with E-state index in [0.29, 0.717) is 11.8 Å². The zero-order valence-corrected chi connectivity index (χ0v) is 12.2. The van der Waals surface area contributed by atoms with Crippen LogP contribution in [0.2, 0.25) is 5.02 Å². The molecule has 0 spiro atoms. The molecule has 1 aromatic rings. The molecule has 2 heteroatoms. The van der Waals surface area contributed by atoms with Gasteiger partial charge in [0.2, 0.25) is 0 Å². The van der Waals surface area contributed by atoms with E-state index < -0.39 is 0 Å². The summed E-state index contributed by atoms with van der Waals surface area (Å²) in [6.07, 6.45) is 3.39. The Labute approximate surface area is 115 Å². The Morgan fingerprint density at radius 3 is 2.06 bits per heavy atom. The molecule has 0 aromatic heterocycles. The van der Waals surface area contributed by atoms with E-state index >= 15 is 0 Å². The summed E-state index contributed by atoms with van der Waals surface area (Å²) in [6.45, 7) is 6.38. The van der Waals surface area contributed by atoms with Crippen molar-refractivity contribution in [2.24, 2.45) is 11.8 Å². The van der Waals surface area contributed by atoms with Gasteiger partial charge in [0, 0.05) is 10.4 Å². The molecule has 100 valence electrons. The second-order valence-electron chi connectivity index (χ2n) is 6.04. The van der Waals surface area contributed by atoms with Crippen molar-refractivity contribution in [1.82, 2.24) is 0 Å². The van der Waals surface area contributed by atoms with Crippen LogP contribution in [0, 0.1) is 11.8 Å². The van der Waals surface area contributed by atoms with E-state index in [4.69, 9.17) is 11.6 Å². The Morgan fingerprint density at radius 2 is 1.67 bits per heavy atom. The van der Waals surface area contributed by atoms with Gasteiger partial charge < -0.3 is 5.11 Å². The molecule has 1 aliphatic rings. The van der Waals surface area contributed by atoms with Gasteiger partial charge >= 0.3 is 0 Å². The summed E-state index contributed by atoms with van der Waals surface area (Å²) in [5.41, 5.74) is 1.50. The fraction of sp³-hybridized carbons (Fsp3) is 0.625. The van der Waals surface area contributed by atoms with Crippen LogP contribution < -0.4 is 0 Å². The van der Waals surface area contributed by atoms with E-state index in [0.717, 1.165) is 5.02 Å². The number of aliphatic hydroxyl groups excluding tert-OH is 1. The summed E-state index contributed by atoms with van der Waals surface area (Å²) in [4.78, 5) is 0. The SMILES string of the molecule is CC(C)[C@@H](O)[C@H](C)C1(c2ccc(Cl)cc2)CCC1. The van der Waals surface area contributed by atoms with Gasteiger partial charge in [0.1, 0.15) is 0 Å². The van der Waals surface area contributed by atoms with Crippen LogP contribution >= 0.6 is 11.6 Å². The van der Waals surface area contributed by atoms with Crippen LogP contribution in [0.15, 0.2) is 24.3 Å². The van der Waals surface area contributed by atoms with Crippen LogP contribution in [0.25, 0.3) is 0 Å². The first-order valence-electron chi connectivity index (χ1n) is 6.91. The maximum atomic E-state index is 10.4. The molecule has 1 aromatic carbocycles. The number of halogens is 1. The highest BCUT2D eigenvalue weighted by molar-refractivity contribution is 6.30. The zero-order valence-electron chi connectivity index (χ0n) is 11.5. The molecule has 0 saturated heterocycles. The van der Waals surface area contributed by atoms with Gasteiger partial charge in [0.05, 0.1) is 6.10 Å². The molecule has 2 atom stereocenters. The molecule has 0 radical (unpaired) electrons. The molecule has 0 heterocycles. The van der Waals surface area contributed by atoms with Gasteiger partial charge in [-0.15, -0.1) is 0 Å². The molecular weight excluding hydrogens is 244 g/mol. The smallest absolute Gasteiger partial charge is 0.0597 e. The minimum Gasteiger partial charge on any atom is -0.393 e. The summed E-state index contributed by atoms with van der Waals surface area (Å²) < 4.78 is 0. The van der Waals surface area contributed by atoms with Crippen molar-refractivity contribution in [1.29, 1.82) is 0 Å². The Balaban J connectivity index is 2.28. The largest absolute Gasteiger partial charge is 0.393 e. The monoisotopic (exact) mass is 266 g/mol. The van der Waals surface area contributed by atoms with E-state index in [9.17, 15) is 5.11 Å². The summed E-state index contributed by atoms with van der Waals surface area (Å²) in [5.74, 6) is 0.609. The average Bonchev–Trinajstić information content (AvgIpc) is 2.28. The lowest BCUT2D eigenvalue weighted by molar-refractivity contribution is 0.00134. The van der Waals surface area contributed by atoms with Crippen LogP contribution in [0.3, 0.4) is 0 Å². The van der Waals surface area contributed by atoms with Crippen molar-refractivity contribution < 1.29 is 5.11 Å². The number of benzene rings is 1. The molecule has 1 N–H and O–H groups in total. The van der Waals surface area contributed by atoms with E-state index in [1.807, 2.05) is 12.1 Å². The van der Waals surface area contributed by atoms with Crippen molar-refractivity contribution in [2.45, 2.75) is 51.6 Å². The first-order chi connectivity index (χ1) is 8.47. The normalized spacial score (nSPS) is 21.4. The first-order valence-corrected chi connectivity index (χ1v) is 7.29. The lowest BCUT2D eigenvalue weighted by Gasteiger charge is -2.49. The lowest BCUT2D eigenvalue weighted by atomic mass is 9.56. The van der Waals surface area contributed by atoms with Crippen LogP contribution in [0.5, 0.6) is 0 Å². The van der Waals surface area contributed by atoms with Crippen LogP contribution in [-0.4, -0.2) is 11.2 Å². The minimum atomic E-state index is -0.235. The number of hydrogen-bond donors (Lipinski definition) is 1. The summed E-state index contributed by atoms with van der Waals surface area (Å²) in [7, 11) is 0. The van der Waals surface area contributed by atoms with Gasteiger partial charge in [-0.3, -0.25) is 0 Å². The van der Waals surface area contributed by atoms with Gasteiger partial charge in [0.25, 0.3) is 0 Å². The molecule has 1 fully saturated rings. The van der Waals surface area contributed by atoms with Crippen molar-refractivity contribution in [3.63, 3.8) is 0 Å². The van der Waals surface area contributed by atoms with Crippen molar-refractivity contribution in [2.75, 3.05) is 0 Å². The Bertz CT molecular complexity index is 392. The van der Waals surface area contributed by atoms with Gasteiger partial charge in [-0.25, -0.2) is 0 Å². The van der Waals surface area contributed by atoms with Crippen molar-refractivity contribution in [3.05, 3.63) is 34.9 Å². The maximum Gasteiger partial charge on any atom is 0.0597 e. The maximum absolute atomic E-state index is 10.4. The number of hydrogen-bond acceptors (Lipinski definition) is 1. The second kappa shape index (κ2) is 5.22. The van der Waals surface area contributed by atoms with Gasteiger partial charge in [-0.2, -0.15) is 0 Å². The van der Waals surface area contributed by atoms with E-state index in [2.05, 4.69) is 32.9 Å². The highest BCUT2D eigenvalue weighted by Crippen LogP contribution is 2.51. The molecular formula is C16H23ClO. The highest BCUT2D eigenvalue weighted by atomic mass is 35.5. The highest BCUT2D eigenvalue weighted by Gasteiger charge is 2.46. The molecule has 18 heavy (non-hydrogen) atoms. The van der Waals surface area contributed by atoms with E-state index in [1.54, 1.807) is 0 Å². The third-order valence-electron chi connectivity index (χ3n) is 4.73. The van der Waals surface area contributed by atoms with Crippen molar-refractivity contribution >= 4 is 11.6 Å². The predicted molar refractivity (Wildman–Crippen MR) is 77.0 cm³/mol. The second-order valence-corrected chi connectivity index (χ2v) is 6.48. The Kier molecular flexibility index (Phi) is 4.03. The van der Waals surface area contributed by atoms with Crippen LogP contribution in [0.4, 0.5) is 0 Å². The molecule has 0 amide bonds. The molecule has 1 aliphatic carbocycles. The van der Waals surface area contributed by atoms with Crippen molar-refractivity contribution in [3.8, 4) is 0 Å². The van der Waals surface area contributed by atoms with Crippen LogP contribution in [0.1, 0.15) is 45.6 Å². The fourth-order valence-corrected chi connectivity index (χ4v) is 3.38. The minimum absolute atomic E-state index is 0.161. The quantitative estimate of drug-likeness (QED) is 0.856. The molecule has 1 nitrogen and oxygen atoms in total. The lowest BCUT2D eigenvalue weighted by Crippen LogP contribution is -2.47. The first kappa shape index (κ1) is 13.9. The topological polar surface area (TPSA) is 20.2 Å². The van der Waals surface area contributed by atoms with Crippen LogP contribution in [-0.2, 0) is 5.41 Å². The standard InChI is InChI=1S/C16H23ClO/c1-11(2)15(18)12(3)16(9-4-10-16)13-5-7-14(17)8-6-13/h5-8,11-12,15,18H,4,9-10H2,1-3H3/t12-,15+/m0/s1. The summed E-state index contributed by atoms with van der Waals surface area (Å²) in [6, 6.07) is 8.19. The Hall–Kier alpha value is -0.530. The third kappa shape index (κ3) is 2.31. The number of rotatable bonds is 4. The fourth-order valence-electron chi connectivity index (χ4n) is 3.25. The third-order valence-corrected chi connectivity index (χ3v) is 4.98. The summed E-state index contributed by atoms with van der Waals surface area (Å²) in [5, 5.41) is 11.2. The van der Waals surface area contributed by atoms with E-state index in [-0.39, 0.29) is 11.5 Å². The van der Waals surface area contributed by atoms with Gasteiger partial charge in [0.15, 0.2) is 0 Å². The molecule has 0 unspecified atom stereocenters. The summed E-state index contributed by atoms with van der Waals surface area (Å²) >= 11 is 5.97. The van der Waals surface area contributed by atoms with Gasteiger partial charge in [-0.1, -0.05) is 50.9 Å². The van der Waals surface area contributed by atoms with E-state index in [1.165, 1.54) is 24.8 Å². The number of aliphatic hydroxyl groups is 1. The molecule has 2 rings (SSSR count). The molecule has 0 aliphatic heterocycles. The predicted octanol–water partition coefficient (Wildman–Crippen LogP) is 4.41.